The molecule has 0 aliphatic carbocycles. The minimum absolute atomic E-state index is 0.0236. The number of nitrogens with zero attached hydrogens (tertiary/aromatic N) is 2. The third-order valence-electron chi connectivity index (χ3n) is 4.73. The monoisotopic (exact) mass is 501 g/mol. The molecule has 1 N–H and O–H groups in total. The number of halogens is 2. The highest BCUT2D eigenvalue weighted by Gasteiger charge is 2.51. The zero-order valence-electron chi connectivity index (χ0n) is 18.8. The highest BCUT2D eigenvalue weighted by molar-refractivity contribution is 6.38. The largest absolute Gasteiger partial charge is 0.463 e. The van der Waals surface area contributed by atoms with E-state index >= 15 is 0 Å². The van der Waals surface area contributed by atoms with Crippen LogP contribution in [0.4, 0.5) is 5.95 Å². The first-order valence-electron chi connectivity index (χ1n) is 10.2. The van der Waals surface area contributed by atoms with Crippen LogP contribution >= 0.6 is 23.2 Å². The highest BCUT2D eigenvalue weighted by atomic mass is 35.5. The molecule has 4 atom stereocenters. The molecule has 0 radical (unpaired) electrons. The Morgan fingerprint density at radius 1 is 1.09 bits per heavy atom. The lowest BCUT2D eigenvalue weighted by Gasteiger charge is -2.25. The number of hydrogen-bond donors (Lipinski definition) is 1. The molecular weight excluding hydrogens is 477 g/mol. The predicted molar refractivity (Wildman–Crippen MR) is 120 cm³/mol. The minimum Gasteiger partial charge on any atom is -0.463 e. The fraction of sp³-hybridized carbons (Fsp3) is 0.524. The van der Waals surface area contributed by atoms with E-state index in [1.165, 1.54) is 20.8 Å². The third-order valence-corrected chi connectivity index (χ3v) is 5.23. The third kappa shape index (κ3) is 5.69. The number of carbonyl (C=O) groups is 3. The molecule has 0 amide bonds. The van der Waals surface area contributed by atoms with E-state index < -0.39 is 42.4 Å². The molecule has 1 aliphatic rings. The van der Waals surface area contributed by atoms with Gasteiger partial charge in [0.05, 0.1) is 10.5 Å². The normalized spacial score (nSPS) is 22.4. The predicted octanol–water partition coefficient (Wildman–Crippen LogP) is 3.49. The molecule has 0 unspecified atom stereocenters. The Morgan fingerprint density at radius 2 is 1.73 bits per heavy atom. The fourth-order valence-corrected chi connectivity index (χ4v) is 4.16. The molecule has 2 heterocycles. The highest BCUT2D eigenvalue weighted by Crippen LogP contribution is 2.40. The van der Waals surface area contributed by atoms with Crippen LogP contribution in [0.2, 0.25) is 10.0 Å². The zero-order valence-corrected chi connectivity index (χ0v) is 20.3. The second kappa shape index (κ2) is 10.1. The summed E-state index contributed by atoms with van der Waals surface area (Å²) in [4.78, 5) is 39.8. The van der Waals surface area contributed by atoms with Gasteiger partial charge in [-0.2, -0.15) is 0 Å². The molecule has 10 nitrogen and oxygen atoms in total. The topological polar surface area (TPSA) is 118 Å². The first-order chi connectivity index (χ1) is 15.5. The summed E-state index contributed by atoms with van der Waals surface area (Å²) in [5.74, 6) is -1.39. The van der Waals surface area contributed by atoms with Gasteiger partial charge in [-0.05, 0) is 26.0 Å². The van der Waals surface area contributed by atoms with Crippen LogP contribution < -0.4 is 5.32 Å². The molecule has 1 aromatic heterocycles. The number of carbonyl (C=O) groups excluding carboxylic acids is 3. The van der Waals surface area contributed by atoms with Crippen LogP contribution in [0.3, 0.4) is 0 Å². The van der Waals surface area contributed by atoms with Crippen molar-refractivity contribution in [2.24, 2.45) is 0 Å². The smallest absolute Gasteiger partial charge is 0.303 e. The first kappa shape index (κ1) is 25.1. The molecular formula is C21H25Cl2N3O7. The lowest BCUT2D eigenvalue weighted by molar-refractivity contribution is -0.166. The van der Waals surface area contributed by atoms with E-state index in [2.05, 4.69) is 10.3 Å². The summed E-state index contributed by atoms with van der Waals surface area (Å²) in [7, 11) is 0. The van der Waals surface area contributed by atoms with Gasteiger partial charge in [0.15, 0.2) is 18.4 Å². The number of esters is 3. The van der Waals surface area contributed by atoms with Crippen molar-refractivity contribution in [2.75, 3.05) is 11.9 Å². The first-order valence-corrected chi connectivity index (χ1v) is 11.0. The number of imidazole rings is 1. The summed E-state index contributed by atoms with van der Waals surface area (Å²) < 4.78 is 23.9. The van der Waals surface area contributed by atoms with Gasteiger partial charge in [0.1, 0.15) is 18.2 Å². The summed E-state index contributed by atoms with van der Waals surface area (Å²) in [6.45, 7) is 7.32. The maximum atomic E-state index is 12.0. The number of aromatic nitrogens is 2. The number of benzene rings is 1. The quantitative estimate of drug-likeness (QED) is 0.448. The van der Waals surface area contributed by atoms with Gasteiger partial charge in [-0.3, -0.25) is 19.0 Å². The Labute approximate surface area is 200 Å². The van der Waals surface area contributed by atoms with Gasteiger partial charge in [0.25, 0.3) is 0 Å². The molecule has 180 valence electrons. The molecule has 0 bridgehead atoms. The number of nitrogens with one attached hydrogen (secondary N) is 1. The lowest BCUT2D eigenvalue weighted by Crippen LogP contribution is -2.40. The van der Waals surface area contributed by atoms with Crippen LogP contribution in [0.15, 0.2) is 12.1 Å². The molecule has 1 aliphatic heterocycles. The van der Waals surface area contributed by atoms with E-state index in [4.69, 9.17) is 42.1 Å². The van der Waals surface area contributed by atoms with Crippen molar-refractivity contribution in [1.82, 2.24) is 9.55 Å². The molecule has 0 saturated carbocycles. The number of anilines is 1. The number of fused-ring (bicyclic) bond motifs is 1. The van der Waals surface area contributed by atoms with E-state index in [0.717, 1.165) is 0 Å². The Morgan fingerprint density at radius 3 is 2.30 bits per heavy atom. The maximum Gasteiger partial charge on any atom is 0.303 e. The van der Waals surface area contributed by atoms with Gasteiger partial charge in [0.2, 0.25) is 5.95 Å². The van der Waals surface area contributed by atoms with Crippen molar-refractivity contribution >= 4 is 58.1 Å². The van der Waals surface area contributed by atoms with Crippen molar-refractivity contribution < 1.29 is 33.3 Å². The summed E-state index contributed by atoms with van der Waals surface area (Å²) in [5.41, 5.74) is 0.953. The van der Waals surface area contributed by atoms with Crippen LogP contribution in [-0.4, -0.2) is 58.4 Å². The summed E-state index contributed by atoms with van der Waals surface area (Å²) in [6, 6.07) is 3.19. The van der Waals surface area contributed by atoms with Crippen LogP contribution in [0.5, 0.6) is 0 Å². The summed E-state index contributed by atoms with van der Waals surface area (Å²) in [6.07, 6.45) is -4.03. The van der Waals surface area contributed by atoms with Crippen molar-refractivity contribution in [1.29, 1.82) is 0 Å². The average Bonchev–Trinajstić information content (AvgIpc) is 3.17. The summed E-state index contributed by atoms with van der Waals surface area (Å²) in [5, 5.41) is 3.90. The molecule has 3 rings (SSSR count). The molecule has 1 fully saturated rings. The molecule has 1 aromatic carbocycles. The number of ether oxygens (including phenoxy) is 4. The zero-order chi connectivity index (χ0) is 24.4. The number of hydrogen-bond acceptors (Lipinski definition) is 9. The van der Waals surface area contributed by atoms with E-state index in [0.29, 0.717) is 27.0 Å². The molecule has 2 aromatic rings. The van der Waals surface area contributed by atoms with Gasteiger partial charge in [-0.15, -0.1) is 0 Å². The van der Waals surface area contributed by atoms with Crippen LogP contribution in [0.25, 0.3) is 11.0 Å². The second-order valence-electron chi connectivity index (χ2n) is 7.88. The van der Waals surface area contributed by atoms with Gasteiger partial charge in [0, 0.05) is 31.8 Å². The second-order valence-corrected chi connectivity index (χ2v) is 8.72. The molecule has 0 spiro atoms. The van der Waals surface area contributed by atoms with Gasteiger partial charge in [-0.1, -0.05) is 23.2 Å². The SMILES string of the molecule is CC(=O)OC[C@H]1O[C@@H](n2c(NC(C)C)nc3c(Cl)cc(Cl)cc32)[C@H](OC(C)=O)[C@@H]1OC(C)=O. The van der Waals surface area contributed by atoms with Crippen molar-refractivity contribution in [3.63, 3.8) is 0 Å². The van der Waals surface area contributed by atoms with Crippen LogP contribution in [-0.2, 0) is 33.3 Å². The van der Waals surface area contributed by atoms with E-state index in [1.54, 1.807) is 16.7 Å². The Bertz CT molecular complexity index is 1070. The minimum atomic E-state index is -1.07. The Kier molecular flexibility index (Phi) is 7.71. The van der Waals surface area contributed by atoms with Crippen molar-refractivity contribution in [3.05, 3.63) is 22.2 Å². The van der Waals surface area contributed by atoms with E-state index in [-0.39, 0.29) is 12.6 Å². The van der Waals surface area contributed by atoms with Crippen molar-refractivity contribution in [2.45, 2.75) is 65.2 Å². The van der Waals surface area contributed by atoms with Crippen LogP contribution in [0.1, 0.15) is 40.8 Å². The number of rotatable bonds is 7. The molecule has 1 saturated heterocycles. The van der Waals surface area contributed by atoms with Crippen LogP contribution in [0, 0.1) is 0 Å². The fourth-order valence-electron chi connectivity index (χ4n) is 3.64. The average molecular weight is 502 g/mol. The van der Waals surface area contributed by atoms with E-state index in [1.807, 2.05) is 13.8 Å². The van der Waals surface area contributed by atoms with Crippen molar-refractivity contribution in [3.8, 4) is 0 Å². The van der Waals surface area contributed by atoms with E-state index in [9.17, 15) is 14.4 Å². The van der Waals surface area contributed by atoms with Gasteiger partial charge < -0.3 is 24.3 Å². The maximum absolute atomic E-state index is 12.0. The molecule has 12 heteroatoms. The van der Waals surface area contributed by atoms with Gasteiger partial charge in [-0.25, -0.2) is 4.98 Å². The van der Waals surface area contributed by atoms with Gasteiger partial charge >= 0.3 is 17.9 Å². The Hall–Kier alpha value is -2.56. The standard InChI is InChI=1S/C21H25Cl2N3O7/c1-9(2)24-21-25-17-14(23)6-13(22)7-15(17)26(21)20-19(32-12(5)29)18(31-11(4)28)16(33-20)8-30-10(3)27/h6-7,9,16,18-20H,8H2,1-5H3,(H,24,25)/t16-,18-,19-,20-/m1/s1. The lowest BCUT2D eigenvalue weighted by atomic mass is 10.1. The summed E-state index contributed by atoms with van der Waals surface area (Å²) >= 11 is 12.6. The molecule has 33 heavy (non-hydrogen) atoms. The Balaban J connectivity index is 2.17.